The molecule has 0 N–H and O–H groups in total. The van der Waals surface area contributed by atoms with Crippen molar-refractivity contribution in [3.05, 3.63) is 120 Å². The molecule has 0 unspecified atom stereocenters. The Morgan fingerprint density at radius 2 is 1.11 bits per heavy atom. The van der Waals surface area contributed by atoms with Crippen molar-refractivity contribution in [1.82, 2.24) is 9.78 Å². The van der Waals surface area contributed by atoms with Crippen molar-refractivity contribution in [3.8, 4) is 0 Å². The maximum Gasteiger partial charge on any atom is 0.264 e. The Kier molecular flexibility index (Phi) is 4.79. The zero-order chi connectivity index (χ0) is 19.6. The Labute approximate surface area is 168 Å². The van der Waals surface area contributed by atoms with E-state index in [1.54, 1.807) is 4.68 Å². The van der Waals surface area contributed by atoms with E-state index in [1.807, 2.05) is 91.0 Å². The van der Waals surface area contributed by atoms with Crippen LogP contribution in [0.2, 0.25) is 0 Å². The molecule has 4 rings (SSSR count). The largest absolute Gasteiger partial charge is 0.264 e. The average molecular weight is 409 g/mol. The molecule has 4 nitrogen and oxygen atoms in total. The molecule has 0 fully saturated rings. The zero-order valence-corrected chi connectivity index (χ0v) is 16.4. The van der Waals surface area contributed by atoms with Gasteiger partial charge in [0.1, 0.15) is 10.4 Å². The van der Waals surface area contributed by atoms with Gasteiger partial charge in [0.2, 0.25) is 0 Å². The quantitative estimate of drug-likeness (QED) is 0.356. The van der Waals surface area contributed by atoms with Crippen LogP contribution < -0.4 is 0 Å². The number of rotatable bonds is 5. The first kappa shape index (κ1) is 18.5. The Bertz CT molecular complexity index is 1080. The highest BCUT2D eigenvalue weighted by molar-refractivity contribution is 8.13. The van der Waals surface area contributed by atoms with Crippen molar-refractivity contribution < 1.29 is 8.42 Å². The van der Waals surface area contributed by atoms with Crippen LogP contribution in [0.4, 0.5) is 0 Å². The molecule has 1 heterocycles. The minimum Gasteiger partial charge on any atom is -0.252 e. The highest BCUT2D eigenvalue weighted by Gasteiger charge is 2.39. The molecule has 0 atom stereocenters. The number of nitrogens with zero attached hydrogens (tertiary/aromatic N) is 2. The fourth-order valence-corrected chi connectivity index (χ4v) is 4.19. The molecule has 1 aromatic heterocycles. The predicted octanol–water partition coefficient (Wildman–Crippen LogP) is 4.65. The van der Waals surface area contributed by atoms with Gasteiger partial charge in [-0.15, -0.1) is 0 Å². The monoisotopic (exact) mass is 408 g/mol. The summed E-state index contributed by atoms with van der Waals surface area (Å²) >= 11 is 0. The van der Waals surface area contributed by atoms with Crippen molar-refractivity contribution in [1.29, 1.82) is 0 Å². The van der Waals surface area contributed by atoms with Crippen LogP contribution in [-0.2, 0) is 14.6 Å². The molecule has 0 aliphatic heterocycles. The number of halogens is 1. The maximum absolute atomic E-state index is 11.9. The Morgan fingerprint density at radius 1 is 0.714 bits per heavy atom. The standard InChI is InChI=1S/C22H17ClN2O2S/c23-28(26,27)21-16-24-25(17-21)22(18-10-4-1-5-11-18,19-12-6-2-7-13-19)20-14-8-3-9-15-20/h1-17H. The van der Waals surface area contributed by atoms with Gasteiger partial charge >= 0.3 is 0 Å². The van der Waals surface area contributed by atoms with Gasteiger partial charge in [0.25, 0.3) is 9.05 Å². The normalized spacial score (nSPS) is 12.0. The van der Waals surface area contributed by atoms with E-state index in [-0.39, 0.29) is 4.90 Å². The summed E-state index contributed by atoms with van der Waals surface area (Å²) in [4.78, 5) is -0.0404. The van der Waals surface area contributed by atoms with Crippen LogP contribution >= 0.6 is 10.7 Å². The first-order chi connectivity index (χ1) is 13.5. The van der Waals surface area contributed by atoms with Gasteiger partial charge in [-0.05, 0) is 16.7 Å². The van der Waals surface area contributed by atoms with E-state index in [0.717, 1.165) is 16.7 Å². The molecule has 0 aliphatic carbocycles. The number of hydrogen-bond donors (Lipinski definition) is 0. The van der Waals surface area contributed by atoms with Crippen LogP contribution in [0.5, 0.6) is 0 Å². The van der Waals surface area contributed by atoms with Gasteiger partial charge in [-0.2, -0.15) is 5.10 Å². The van der Waals surface area contributed by atoms with Crippen LogP contribution in [0, 0.1) is 0 Å². The second-order valence-electron chi connectivity index (χ2n) is 6.37. The summed E-state index contributed by atoms with van der Waals surface area (Å²) in [5.74, 6) is 0. The molecule has 0 saturated carbocycles. The van der Waals surface area contributed by atoms with Gasteiger partial charge in [0.15, 0.2) is 0 Å². The van der Waals surface area contributed by atoms with Gasteiger partial charge in [0.05, 0.1) is 6.20 Å². The molecule has 0 bridgehead atoms. The predicted molar refractivity (Wildman–Crippen MR) is 110 cm³/mol. The Hall–Kier alpha value is -2.89. The molecule has 0 saturated heterocycles. The molecule has 3 aromatic carbocycles. The summed E-state index contributed by atoms with van der Waals surface area (Å²) < 4.78 is 25.5. The molecular formula is C22H17ClN2O2S. The highest BCUT2D eigenvalue weighted by Crippen LogP contribution is 2.40. The van der Waals surface area contributed by atoms with E-state index < -0.39 is 14.6 Å². The molecule has 0 radical (unpaired) electrons. The summed E-state index contributed by atoms with van der Waals surface area (Å²) in [7, 11) is 1.68. The van der Waals surface area contributed by atoms with Gasteiger partial charge in [-0.1, -0.05) is 91.0 Å². The fraction of sp³-hybridized carbons (Fsp3) is 0.0455. The van der Waals surface area contributed by atoms with Crippen LogP contribution in [-0.4, -0.2) is 18.2 Å². The number of benzene rings is 3. The molecule has 140 valence electrons. The molecule has 0 amide bonds. The SMILES string of the molecule is O=S(=O)(Cl)c1cnn(C(c2ccccc2)(c2ccccc2)c2ccccc2)c1. The van der Waals surface area contributed by atoms with Crippen LogP contribution in [0.1, 0.15) is 16.7 Å². The second-order valence-corrected chi connectivity index (χ2v) is 8.93. The van der Waals surface area contributed by atoms with E-state index in [0.29, 0.717) is 0 Å². The van der Waals surface area contributed by atoms with E-state index in [2.05, 4.69) is 5.10 Å². The summed E-state index contributed by atoms with van der Waals surface area (Å²) in [5.41, 5.74) is 2.00. The molecule has 6 heteroatoms. The van der Waals surface area contributed by atoms with Gasteiger partial charge in [0, 0.05) is 16.9 Å². The van der Waals surface area contributed by atoms with Crippen molar-refractivity contribution in [2.45, 2.75) is 10.4 Å². The van der Waals surface area contributed by atoms with Gasteiger partial charge < -0.3 is 0 Å². The maximum atomic E-state index is 11.9. The molecule has 0 spiro atoms. The van der Waals surface area contributed by atoms with E-state index in [1.165, 1.54) is 12.4 Å². The van der Waals surface area contributed by atoms with Crippen LogP contribution in [0.15, 0.2) is 108 Å². The lowest BCUT2D eigenvalue weighted by Crippen LogP contribution is -2.38. The van der Waals surface area contributed by atoms with Crippen LogP contribution in [0.25, 0.3) is 0 Å². The summed E-state index contributed by atoms with van der Waals surface area (Å²) in [6.07, 6.45) is 2.77. The third-order valence-corrected chi connectivity index (χ3v) is 6.07. The minimum absolute atomic E-state index is 0.0404. The first-order valence-corrected chi connectivity index (χ1v) is 11.0. The molecular weight excluding hydrogens is 392 g/mol. The Balaban J connectivity index is 2.12. The summed E-state index contributed by atoms with van der Waals surface area (Å²) in [6, 6.07) is 29.6. The van der Waals surface area contributed by atoms with Crippen molar-refractivity contribution >= 4 is 19.7 Å². The van der Waals surface area contributed by atoms with E-state index >= 15 is 0 Å². The highest BCUT2D eigenvalue weighted by atomic mass is 35.7. The van der Waals surface area contributed by atoms with Gasteiger partial charge in [-0.3, -0.25) is 4.68 Å². The Morgan fingerprint density at radius 3 is 1.43 bits per heavy atom. The van der Waals surface area contributed by atoms with Crippen molar-refractivity contribution in [2.24, 2.45) is 0 Å². The zero-order valence-electron chi connectivity index (χ0n) is 14.8. The number of aromatic nitrogens is 2. The van der Waals surface area contributed by atoms with Crippen LogP contribution in [0.3, 0.4) is 0 Å². The lowest BCUT2D eigenvalue weighted by atomic mass is 9.77. The third-order valence-electron chi connectivity index (χ3n) is 4.76. The lowest BCUT2D eigenvalue weighted by molar-refractivity contribution is 0.459. The lowest BCUT2D eigenvalue weighted by Gasteiger charge is -2.36. The summed E-state index contributed by atoms with van der Waals surface area (Å²) in [6.45, 7) is 0. The molecule has 28 heavy (non-hydrogen) atoms. The second kappa shape index (κ2) is 7.26. The fourth-order valence-electron chi connectivity index (χ4n) is 3.55. The minimum atomic E-state index is -3.90. The average Bonchev–Trinajstić information content (AvgIpc) is 3.22. The van der Waals surface area contributed by atoms with Crippen molar-refractivity contribution in [2.75, 3.05) is 0 Å². The number of hydrogen-bond acceptors (Lipinski definition) is 3. The van der Waals surface area contributed by atoms with E-state index in [4.69, 9.17) is 10.7 Å². The van der Waals surface area contributed by atoms with Gasteiger partial charge in [-0.25, -0.2) is 8.42 Å². The third kappa shape index (κ3) is 3.13. The van der Waals surface area contributed by atoms with Crippen molar-refractivity contribution in [3.63, 3.8) is 0 Å². The molecule has 0 aliphatic rings. The van der Waals surface area contributed by atoms with E-state index in [9.17, 15) is 8.42 Å². The first-order valence-electron chi connectivity index (χ1n) is 8.69. The smallest absolute Gasteiger partial charge is 0.252 e. The molecule has 4 aromatic rings. The topological polar surface area (TPSA) is 52.0 Å². The summed E-state index contributed by atoms with van der Waals surface area (Å²) in [5, 5.41) is 4.44.